The molecule has 5 nitrogen and oxygen atoms in total. The largest absolute Gasteiger partial charge is 0.487 e. The number of nitrogens with one attached hydrogen (secondary N) is 1. The second-order valence-corrected chi connectivity index (χ2v) is 10.9. The summed E-state index contributed by atoms with van der Waals surface area (Å²) in [6, 6.07) is 8.64. The number of hydrogen-bond acceptors (Lipinski definition) is 4. The van der Waals surface area contributed by atoms with Crippen LogP contribution in [-0.2, 0) is 17.6 Å². The van der Waals surface area contributed by atoms with Crippen LogP contribution >= 0.6 is 11.6 Å². The first-order valence-corrected chi connectivity index (χ1v) is 13.3. The molecule has 2 aromatic carbocycles. The van der Waals surface area contributed by atoms with Gasteiger partial charge in [-0.1, -0.05) is 36.6 Å². The number of halogens is 6. The van der Waals surface area contributed by atoms with Gasteiger partial charge in [-0.25, -0.2) is 8.78 Å². The first-order chi connectivity index (χ1) is 18.7. The van der Waals surface area contributed by atoms with Gasteiger partial charge in [-0.2, -0.15) is 13.2 Å². The van der Waals surface area contributed by atoms with Gasteiger partial charge in [0.15, 0.2) is 5.78 Å². The van der Waals surface area contributed by atoms with Crippen LogP contribution in [0.25, 0.3) is 0 Å². The molecule has 218 valence electrons. The van der Waals surface area contributed by atoms with Gasteiger partial charge in [0.25, 0.3) is 12.3 Å². The molecule has 2 aromatic rings. The number of ketones is 2. The summed E-state index contributed by atoms with van der Waals surface area (Å²) in [5.41, 5.74) is -1.48. The highest BCUT2D eigenvalue weighted by Crippen LogP contribution is 2.39. The van der Waals surface area contributed by atoms with Crippen LogP contribution in [0.3, 0.4) is 0 Å². The Kier molecular flexibility index (Phi) is 10.3. The van der Waals surface area contributed by atoms with Crippen molar-refractivity contribution in [3.05, 3.63) is 63.7 Å². The quantitative estimate of drug-likeness (QED) is 0.211. The number of carbonyl (C=O) groups is 3. The molecule has 0 bridgehead atoms. The lowest BCUT2D eigenvalue weighted by Crippen LogP contribution is -2.39. The van der Waals surface area contributed by atoms with E-state index in [0.717, 1.165) is 39.5 Å². The molecular weight excluding hydrogens is 557 g/mol. The van der Waals surface area contributed by atoms with Crippen molar-refractivity contribution in [2.45, 2.75) is 77.4 Å². The minimum atomic E-state index is -4.68. The summed E-state index contributed by atoms with van der Waals surface area (Å²) >= 11 is 6.23. The van der Waals surface area contributed by atoms with Gasteiger partial charge in [0.2, 0.25) is 0 Å². The van der Waals surface area contributed by atoms with Crippen molar-refractivity contribution < 1.29 is 41.1 Å². The average Bonchev–Trinajstić information content (AvgIpc) is 3.39. The number of hydrogen-bond donors (Lipinski definition) is 1. The third-order valence-electron chi connectivity index (χ3n) is 7.09. The van der Waals surface area contributed by atoms with Crippen molar-refractivity contribution in [2.24, 2.45) is 5.41 Å². The van der Waals surface area contributed by atoms with Crippen LogP contribution in [0.5, 0.6) is 5.75 Å². The summed E-state index contributed by atoms with van der Waals surface area (Å²) < 4.78 is 70.2. The lowest BCUT2D eigenvalue weighted by atomic mass is 9.84. The van der Waals surface area contributed by atoms with E-state index in [1.165, 1.54) is 36.4 Å². The Hall–Kier alpha value is -3.01. The Labute approximate surface area is 234 Å². The number of rotatable bonds is 12. The summed E-state index contributed by atoms with van der Waals surface area (Å²) in [6.07, 6.45) is -4.43. The summed E-state index contributed by atoms with van der Waals surface area (Å²) in [5, 5.41) is 3.00. The van der Waals surface area contributed by atoms with Crippen molar-refractivity contribution in [2.75, 3.05) is 6.61 Å². The first kappa shape index (κ1) is 31.5. The molecular formula is C29H31ClF5NO4. The van der Waals surface area contributed by atoms with Crippen molar-refractivity contribution in [3.8, 4) is 5.75 Å². The monoisotopic (exact) mass is 587 g/mol. The molecule has 1 amide bonds. The maximum atomic E-state index is 13.2. The van der Waals surface area contributed by atoms with E-state index >= 15 is 0 Å². The maximum absolute atomic E-state index is 13.2. The van der Waals surface area contributed by atoms with Crippen LogP contribution < -0.4 is 10.1 Å². The minimum Gasteiger partial charge on any atom is -0.487 e. The molecule has 11 heteroatoms. The fourth-order valence-electron chi connectivity index (χ4n) is 4.43. The molecule has 0 saturated heterocycles. The molecule has 0 atom stereocenters. The topological polar surface area (TPSA) is 72.5 Å². The fourth-order valence-corrected chi connectivity index (χ4v) is 4.65. The number of Topliss-reactive ketones (excluding diaryl/α,β-unsaturated/α-hetero) is 2. The van der Waals surface area contributed by atoms with Crippen LogP contribution in [-0.4, -0.2) is 42.7 Å². The summed E-state index contributed by atoms with van der Waals surface area (Å²) in [5.74, 6) is -1.92. The van der Waals surface area contributed by atoms with Crippen LogP contribution in [0.1, 0.15) is 77.8 Å². The van der Waals surface area contributed by atoms with E-state index in [9.17, 15) is 36.3 Å². The van der Waals surface area contributed by atoms with E-state index in [1.54, 1.807) is 0 Å². The number of ether oxygens (including phenoxy) is 1. The fraction of sp³-hybridized carbons (Fsp3) is 0.483. The van der Waals surface area contributed by atoms with Gasteiger partial charge in [0.05, 0.1) is 10.6 Å². The molecule has 0 spiro atoms. The van der Waals surface area contributed by atoms with Crippen LogP contribution in [0.2, 0.25) is 5.02 Å². The standard InChI is InChI=1S/C29H31ClF5NO4/c1-28(2,29(33,34)35)25(38)12-9-17-7-10-22(30)20(13-17)23(37)15-18-8-11-24(40-16-26(31)32)21(14-18)27(39)36-19-5-3-4-6-19/h7-8,10-11,13-14,19,26H,3-6,9,12,15-16H2,1-2H3,(H,36,39). The zero-order valence-corrected chi connectivity index (χ0v) is 22.9. The van der Waals surface area contributed by atoms with Gasteiger partial charge in [-0.05, 0) is 68.5 Å². The zero-order valence-electron chi connectivity index (χ0n) is 22.2. The van der Waals surface area contributed by atoms with Crippen molar-refractivity contribution in [1.82, 2.24) is 5.32 Å². The molecule has 1 aliphatic rings. The molecule has 40 heavy (non-hydrogen) atoms. The van der Waals surface area contributed by atoms with E-state index in [-0.39, 0.29) is 47.2 Å². The van der Waals surface area contributed by atoms with Gasteiger partial charge in [-0.15, -0.1) is 0 Å². The van der Waals surface area contributed by atoms with Crippen LogP contribution in [0, 0.1) is 5.41 Å². The van der Waals surface area contributed by atoms with Gasteiger partial charge in [-0.3, -0.25) is 14.4 Å². The van der Waals surface area contributed by atoms with E-state index in [1.807, 2.05) is 0 Å². The molecule has 1 fully saturated rings. The SMILES string of the molecule is CC(C)(C(=O)CCc1ccc(Cl)c(C(=O)Cc2ccc(OCC(F)F)c(C(=O)NC3CCCC3)c2)c1)C(F)(F)F. The summed E-state index contributed by atoms with van der Waals surface area (Å²) in [6.45, 7) is 0.767. The van der Waals surface area contributed by atoms with Crippen molar-refractivity contribution in [1.29, 1.82) is 0 Å². The normalized spacial score (nSPS) is 14.4. The molecule has 3 rings (SSSR count). The third kappa shape index (κ3) is 8.02. The van der Waals surface area contributed by atoms with Gasteiger partial charge < -0.3 is 10.1 Å². The van der Waals surface area contributed by atoms with E-state index in [4.69, 9.17) is 16.3 Å². The molecule has 0 aromatic heterocycles. The highest BCUT2D eigenvalue weighted by molar-refractivity contribution is 6.34. The third-order valence-corrected chi connectivity index (χ3v) is 7.42. The van der Waals surface area contributed by atoms with E-state index < -0.39 is 42.1 Å². The number of carbonyl (C=O) groups excluding carboxylic acids is 3. The summed E-state index contributed by atoms with van der Waals surface area (Å²) in [7, 11) is 0. The van der Waals surface area contributed by atoms with E-state index in [2.05, 4.69) is 5.32 Å². The number of alkyl halides is 5. The van der Waals surface area contributed by atoms with Gasteiger partial charge in [0.1, 0.15) is 23.6 Å². The highest BCUT2D eigenvalue weighted by Gasteiger charge is 2.51. The molecule has 1 saturated carbocycles. The number of benzene rings is 2. The molecule has 0 unspecified atom stereocenters. The van der Waals surface area contributed by atoms with Crippen LogP contribution in [0.4, 0.5) is 22.0 Å². The Balaban J connectivity index is 1.77. The predicted octanol–water partition coefficient (Wildman–Crippen LogP) is 7.17. The predicted molar refractivity (Wildman–Crippen MR) is 140 cm³/mol. The van der Waals surface area contributed by atoms with Crippen molar-refractivity contribution >= 4 is 29.1 Å². The Morgan fingerprint density at radius 2 is 1.62 bits per heavy atom. The first-order valence-electron chi connectivity index (χ1n) is 13.0. The smallest absolute Gasteiger partial charge is 0.400 e. The van der Waals surface area contributed by atoms with Gasteiger partial charge in [0, 0.05) is 24.4 Å². The lowest BCUT2D eigenvalue weighted by Gasteiger charge is -2.26. The molecule has 0 radical (unpaired) electrons. The highest BCUT2D eigenvalue weighted by atomic mass is 35.5. The molecule has 1 aliphatic carbocycles. The van der Waals surface area contributed by atoms with Crippen LogP contribution in [0.15, 0.2) is 36.4 Å². The Morgan fingerprint density at radius 3 is 2.25 bits per heavy atom. The Bertz CT molecular complexity index is 1240. The minimum absolute atomic E-state index is 0.0164. The number of amides is 1. The number of aryl methyl sites for hydroxylation is 1. The Morgan fingerprint density at radius 1 is 1.00 bits per heavy atom. The lowest BCUT2D eigenvalue weighted by molar-refractivity contribution is -0.210. The molecule has 1 N–H and O–H groups in total. The van der Waals surface area contributed by atoms with E-state index in [0.29, 0.717) is 11.1 Å². The summed E-state index contributed by atoms with van der Waals surface area (Å²) in [4.78, 5) is 38.3. The average molecular weight is 588 g/mol. The van der Waals surface area contributed by atoms with Gasteiger partial charge >= 0.3 is 6.18 Å². The second-order valence-electron chi connectivity index (χ2n) is 10.4. The molecule has 0 aliphatic heterocycles. The molecule has 0 heterocycles. The maximum Gasteiger partial charge on any atom is 0.400 e. The zero-order chi connectivity index (χ0) is 29.7. The second kappa shape index (κ2) is 13.1. The van der Waals surface area contributed by atoms with Crippen molar-refractivity contribution in [3.63, 3.8) is 0 Å².